The molecule has 1 atom stereocenters. The second-order valence-electron chi connectivity index (χ2n) is 6.17. The third-order valence-electron chi connectivity index (χ3n) is 4.07. The van der Waals surface area contributed by atoms with Gasteiger partial charge in [0, 0.05) is 11.3 Å². The SMILES string of the molecule is CC1CS(=O)(=O)N(c2cccc(C(=O)Nc3cccc(C(=O)O)c3)c2)C1=O. The first-order valence-corrected chi connectivity index (χ1v) is 9.61. The summed E-state index contributed by atoms with van der Waals surface area (Å²) >= 11 is 0. The summed E-state index contributed by atoms with van der Waals surface area (Å²) in [5.74, 6) is -3.14. The molecule has 1 heterocycles. The van der Waals surface area contributed by atoms with E-state index in [1.165, 1.54) is 55.5 Å². The zero-order valence-electron chi connectivity index (χ0n) is 14.2. The van der Waals surface area contributed by atoms with Crippen LogP contribution in [-0.4, -0.2) is 37.1 Å². The number of carbonyl (C=O) groups excluding carboxylic acids is 2. The van der Waals surface area contributed by atoms with Gasteiger partial charge in [-0.05, 0) is 36.4 Å². The second kappa shape index (κ2) is 6.84. The van der Waals surface area contributed by atoms with Crippen LogP contribution >= 0.6 is 0 Å². The van der Waals surface area contributed by atoms with Gasteiger partial charge in [0.2, 0.25) is 15.9 Å². The molecule has 1 aliphatic heterocycles. The van der Waals surface area contributed by atoms with E-state index in [9.17, 15) is 22.8 Å². The Morgan fingerprint density at radius 3 is 2.41 bits per heavy atom. The molecule has 2 aromatic rings. The van der Waals surface area contributed by atoms with E-state index in [4.69, 9.17) is 5.11 Å². The van der Waals surface area contributed by atoms with Gasteiger partial charge in [-0.2, -0.15) is 0 Å². The number of sulfonamides is 1. The van der Waals surface area contributed by atoms with Crippen molar-refractivity contribution in [1.29, 1.82) is 0 Å². The quantitative estimate of drug-likeness (QED) is 0.826. The molecule has 1 aliphatic rings. The fourth-order valence-electron chi connectivity index (χ4n) is 2.79. The molecular weight excluding hydrogens is 372 g/mol. The number of carboxylic acids is 1. The summed E-state index contributed by atoms with van der Waals surface area (Å²) in [6.07, 6.45) is 0. The summed E-state index contributed by atoms with van der Waals surface area (Å²) in [5.41, 5.74) is 0.528. The molecule has 0 aromatic heterocycles. The Morgan fingerprint density at radius 2 is 1.78 bits per heavy atom. The predicted octanol–water partition coefficient (Wildman–Crippen LogP) is 1.95. The smallest absolute Gasteiger partial charge is 0.335 e. The maximum Gasteiger partial charge on any atom is 0.335 e. The summed E-state index contributed by atoms with van der Waals surface area (Å²) in [5, 5.41) is 11.6. The van der Waals surface area contributed by atoms with Crippen LogP contribution in [0.5, 0.6) is 0 Å². The van der Waals surface area contributed by atoms with Crippen LogP contribution in [0.25, 0.3) is 0 Å². The topological polar surface area (TPSA) is 121 Å². The molecule has 0 saturated carbocycles. The Balaban J connectivity index is 1.88. The normalized spacial score (nSPS) is 18.3. The standard InChI is InChI=1S/C18H16N2O6S/c1-11-10-27(25,26)20(17(11)22)15-7-3-4-12(9-15)16(21)19-14-6-2-5-13(8-14)18(23)24/h2-9,11H,10H2,1H3,(H,19,21)(H,23,24). The molecule has 140 valence electrons. The van der Waals surface area contributed by atoms with Crippen LogP contribution in [0.2, 0.25) is 0 Å². The number of aromatic carboxylic acids is 1. The first kappa shape index (κ1) is 18.6. The second-order valence-corrected chi connectivity index (χ2v) is 8.03. The molecule has 0 radical (unpaired) electrons. The Bertz CT molecular complexity index is 1050. The number of anilines is 2. The van der Waals surface area contributed by atoms with E-state index in [-0.39, 0.29) is 28.3 Å². The Morgan fingerprint density at radius 1 is 1.11 bits per heavy atom. The minimum Gasteiger partial charge on any atom is -0.478 e. The van der Waals surface area contributed by atoms with Gasteiger partial charge < -0.3 is 10.4 Å². The molecule has 2 amide bonds. The van der Waals surface area contributed by atoms with Crippen molar-refractivity contribution in [3.63, 3.8) is 0 Å². The van der Waals surface area contributed by atoms with Crippen LogP contribution < -0.4 is 9.62 Å². The van der Waals surface area contributed by atoms with Gasteiger partial charge in [0.15, 0.2) is 0 Å². The van der Waals surface area contributed by atoms with Gasteiger partial charge in [0.1, 0.15) is 0 Å². The van der Waals surface area contributed by atoms with E-state index >= 15 is 0 Å². The molecule has 0 aliphatic carbocycles. The molecule has 0 spiro atoms. The number of amides is 2. The highest BCUT2D eigenvalue weighted by Gasteiger charge is 2.42. The van der Waals surface area contributed by atoms with Crippen molar-refractivity contribution in [1.82, 2.24) is 0 Å². The largest absolute Gasteiger partial charge is 0.478 e. The van der Waals surface area contributed by atoms with Gasteiger partial charge in [0.25, 0.3) is 5.91 Å². The van der Waals surface area contributed by atoms with Crippen molar-refractivity contribution in [3.05, 3.63) is 59.7 Å². The molecule has 3 rings (SSSR count). The minimum absolute atomic E-state index is 0.0179. The maximum absolute atomic E-state index is 12.5. The highest BCUT2D eigenvalue weighted by Crippen LogP contribution is 2.29. The van der Waals surface area contributed by atoms with E-state index in [2.05, 4.69) is 5.32 Å². The van der Waals surface area contributed by atoms with Crippen LogP contribution in [0.1, 0.15) is 27.6 Å². The molecule has 2 aromatic carbocycles. The van der Waals surface area contributed by atoms with Crippen molar-refractivity contribution >= 4 is 39.2 Å². The highest BCUT2D eigenvalue weighted by molar-refractivity contribution is 7.94. The van der Waals surface area contributed by atoms with Crippen LogP contribution in [-0.2, 0) is 14.8 Å². The Kier molecular flexibility index (Phi) is 4.71. The summed E-state index contributed by atoms with van der Waals surface area (Å²) in [6.45, 7) is 1.53. The van der Waals surface area contributed by atoms with Gasteiger partial charge in [-0.1, -0.05) is 19.1 Å². The van der Waals surface area contributed by atoms with Crippen LogP contribution in [0, 0.1) is 5.92 Å². The number of rotatable bonds is 4. The van der Waals surface area contributed by atoms with Crippen LogP contribution in [0.3, 0.4) is 0 Å². The molecule has 0 bridgehead atoms. The average Bonchev–Trinajstić information content (AvgIpc) is 2.82. The molecule has 27 heavy (non-hydrogen) atoms. The van der Waals surface area contributed by atoms with Crippen molar-refractivity contribution in [2.24, 2.45) is 5.92 Å². The molecule has 8 nitrogen and oxygen atoms in total. The fourth-order valence-corrected chi connectivity index (χ4v) is 4.61. The van der Waals surface area contributed by atoms with Crippen molar-refractivity contribution < 1.29 is 27.9 Å². The molecule has 1 saturated heterocycles. The fraction of sp³-hybridized carbons (Fsp3) is 0.167. The Labute approximate surface area is 155 Å². The third kappa shape index (κ3) is 3.68. The van der Waals surface area contributed by atoms with Crippen molar-refractivity contribution in [3.8, 4) is 0 Å². The molecular formula is C18H16N2O6S. The van der Waals surface area contributed by atoms with Gasteiger partial charge >= 0.3 is 5.97 Å². The lowest BCUT2D eigenvalue weighted by Crippen LogP contribution is -2.30. The average molecular weight is 388 g/mol. The first-order chi connectivity index (χ1) is 12.7. The number of hydrogen-bond acceptors (Lipinski definition) is 5. The monoisotopic (exact) mass is 388 g/mol. The van der Waals surface area contributed by atoms with Crippen molar-refractivity contribution in [2.45, 2.75) is 6.92 Å². The summed E-state index contributed by atoms with van der Waals surface area (Å²) in [4.78, 5) is 35.7. The number of nitrogens with one attached hydrogen (secondary N) is 1. The lowest BCUT2D eigenvalue weighted by molar-refractivity contribution is -0.119. The zero-order chi connectivity index (χ0) is 19.8. The lowest BCUT2D eigenvalue weighted by atomic mass is 10.1. The first-order valence-electron chi connectivity index (χ1n) is 8.00. The van der Waals surface area contributed by atoms with E-state index in [0.29, 0.717) is 0 Å². The van der Waals surface area contributed by atoms with E-state index in [1.807, 2.05) is 0 Å². The summed E-state index contributed by atoms with van der Waals surface area (Å²) < 4.78 is 25.1. The van der Waals surface area contributed by atoms with Gasteiger partial charge in [-0.25, -0.2) is 17.5 Å². The minimum atomic E-state index is -3.77. The van der Waals surface area contributed by atoms with Gasteiger partial charge in [0.05, 0.1) is 22.9 Å². The van der Waals surface area contributed by atoms with Gasteiger partial charge in [-0.15, -0.1) is 0 Å². The van der Waals surface area contributed by atoms with Crippen LogP contribution in [0.4, 0.5) is 11.4 Å². The van der Waals surface area contributed by atoms with E-state index < -0.39 is 33.7 Å². The molecule has 9 heteroatoms. The number of carboxylic acid groups (broad SMARTS) is 1. The molecule has 2 N–H and O–H groups in total. The maximum atomic E-state index is 12.5. The van der Waals surface area contributed by atoms with E-state index in [1.54, 1.807) is 0 Å². The van der Waals surface area contributed by atoms with E-state index in [0.717, 1.165) is 4.31 Å². The van der Waals surface area contributed by atoms with Crippen LogP contribution in [0.15, 0.2) is 48.5 Å². The summed E-state index contributed by atoms with van der Waals surface area (Å²) in [6, 6.07) is 11.4. The van der Waals surface area contributed by atoms with Gasteiger partial charge in [-0.3, -0.25) is 9.59 Å². The lowest BCUT2D eigenvalue weighted by Gasteiger charge is -2.16. The number of benzene rings is 2. The number of hydrogen-bond donors (Lipinski definition) is 2. The summed E-state index contributed by atoms with van der Waals surface area (Å²) in [7, 11) is -3.77. The predicted molar refractivity (Wildman–Crippen MR) is 98.2 cm³/mol. The molecule has 1 unspecified atom stereocenters. The number of nitrogens with zero attached hydrogens (tertiary/aromatic N) is 1. The number of carbonyl (C=O) groups is 3. The van der Waals surface area contributed by atoms with Crippen molar-refractivity contribution in [2.75, 3.05) is 15.4 Å². The third-order valence-corrected chi connectivity index (χ3v) is 5.94. The molecule has 1 fully saturated rings. The Hall–Kier alpha value is -3.20. The highest BCUT2D eigenvalue weighted by atomic mass is 32.2. The zero-order valence-corrected chi connectivity index (χ0v) is 15.1.